The molecular weight excluding hydrogens is 435 g/mol. The van der Waals surface area contributed by atoms with Crippen molar-refractivity contribution in [1.82, 2.24) is 9.80 Å². The second-order valence-electron chi connectivity index (χ2n) is 8.86. The Morgan fingerprint density at radius 1 is 1.03 bits per heavy atom. The van der Waals surface area contributed by atoms with Gasteiger partial charge in [-0.05, 0) is 75.6 Å². The van der Waals surface area contributed by atoms with Crippen molar-refractivity contribution in [3.05, 3.63) is 70.6 Å². The molecule has 6 nitrogen and oxygen atoms in total. The number of benzene rings is 1. The number of aryl methyl sites for hydroxylation is 1. The lowest BCUT2D eigenvalue weighted by Gasteiger charge is -2.28. The summed E-state index contributed by atoms with van der Waals surface area (Å²) in [5.74, 6) is -1.49. The van der Waals surface area contributed by atoms with Gasteiger partial charge in [0.15, 0.2) is 11.5 Å². The molecule has 1 aromatic carbocycles. The van der Waals surface area contributed by atoms with Crippen molar-refractivity contribution in [3.63, 3.8) is 0 Å². The van der Waals surface area contributed by atoms with Crippen LogP contribution in [0.5, 0.6) is 0 Å². The standard InChI is InChI=1S/C27H35FN2O4/c1-4-6-15-29(16-7-5-2)17-8-18-30-24(20-10-12-21(28)13-11-20)23(26(32)27(30)33)25(31)22-14-9-19(3)34-22/h9-14,24,32H,4-8,15-18H2,1-3H3/t24-/m1/s1. The molecule has 1 amide bonds. The zero-order chi connectivity index (χ0) is 24.7. The molecule has 0 aliphatic carbocycles. The molecule has 0 bridgehead atoms. The van der Waals surface area contributed by atoms with Gasteiger partial charge in [0, 0.05) is 6.54 Å². The molecule has 1 aromatic heterocycles. The minimum Gasteiger partial charge on any atom is -0.503 e. The molecule has 2 heterocycles. The maximum absolute atomic E-state index is 13.6. The van der Waals surface area contributed by atoms with Gasteiger partial charge >= 0.3 is 0 Å². The third-order valence-corrected chi connectivity index (χ3v) is 6.23. The molecule has 0 fully saturated rings. The Bertz CT molecular complexity index is 1000. The summed E-state index contributed by atoms with van der Waals surface area (Å²) in [6.07, 6.45) is 5.18. The average Bonchev–Trinajstić information content (AvgIpc) is 3.37. The Labute approximate surface area is 201 Å². The number of hydrogen-bond acceptors (Lipinski definition) is 5. The molecule has 1 N–H and O–H groups in total. The van der Waals surface area contributed by atoms with Gasteiger partial charge in [-0.3, -0.25) is 9.59 Å². The fourth-order valence-corrected chi connectivity index (χ4v) is 4.36. The maximum atomic E-state index is 13.6. The number of aliphatic hydroxyl groups is 1. The van der Waals surface area contributed by atoms with E-state index in [-0.39, 0.29) is 11.3 Å². The topological polar surface area (TPSA) is 74.0 Å². The Kier molecular flexibility index (Phi) is 9.05. The summed E-state index contributed by atoms with van der Waals surface area (Å²) in [7, 11) is 0. The lowest BCUT2D eigenvalue weighted by Crippen LogP contribution is -2.35. The summed E-state index contributed by atoms with van der Waals surface area (Å²) >= 11 is 0. The summed E-state index contributed by atoms with van der Waals surface area (Å²) in [5, 5.41) is 10.7. The van der Waals surface area contributed by atoms with Crippen LogP contribution in [0, 0.1) is 12.7 Å². The lowest BCUT2D eigenvalue weighted by molar-refractivity contribution is -0.129. The third-order valence-electron chi connectivity index (χ3n) is 6.23. The van der Waals surface area contributed by atoms with Crippen molar-refractivity contribution in [2.75, 3.05) is 26.2 Å². The van der Waals surface area contributed by atoms with Gasteiger partial charge in [0.2, 0.25) is 5.78 Å². The van der Waals surface area contributed by atoms with Gasteiger partial charge in [-0.25, -0.2) is 4.39 Å². The number of unbranched alkanes of at least 4 members (excludes halogenated alkanes) is 2. The van der Waals surface area contributed by atoms with E-state index in [0.717, 1.165) is 45.3 Å². The van der Waals surface area contributed by atoms with Crippen LogP contribution < -0.4 is 0 Å². The molecule has 1 aliphatic heterocycles. The first kappa shape index (κ1) is 25.7. The van der Waals surface area contributed by atoms with E-state index in [0.29, 0.717) is 24.3 Å². The second kappa shape index (κ2) is 12.0. The Hall–Kier alpha value is -2.93. The number of hydrogen-bond donors (Lipinski definition) is 1. The van der Waals surface area contributed by atoms with Crippen molar-refractivity contribution in [2.24, 2.45) is 0 Å². The third kappa shape index (κ3) is 5.95. The van der Waals surface area contributed by atoms with Crippen LogP contribution in [-0.4, -0.2) is 52.8 Å². The van der Waals surface area contributed by atoms with E-state index in [1.165, 1.54) is 23.1 Å². The molecule has 7 heteroatoms. The number of furan rings is 1. The predicted molar refractivity (Wildman–Crippen MR) is 129 cm³/mol. The van der Waals surface area contributed by atoms with Crippen molar-refractivity contribution in [2.45, 2.75) is 58.9 Å². The molecule has 1 atom stereocenters. The highest BCUT2D eigenvalue weighted by molar-refractivity contribution is 6.15. The average molecular weight is 471 g/mol. The van der Waals surface area contributed by atoms with Gasteiger partial charge in [0.05, 0.1) is 11.6 Å². The minimum absolute atomic E-state index is 0.0280. The van der Waals surface area contributed by atoms with Crippen molar-refractivity contribution < 1.29 is 23.5 Å². The first-order valence-corrected chi connectivity index (χ1v) is 12.2. The van der Waals surface area contributed by atoms with Crippen LogP contribution in [0.25, 0.3) is 0 Å². The number of Topliss-reactive ketones (excluding diaryl/α,β-unsaturated/α-hetero) is 1. The van der Waals surface area contributed by atoms with Crippen LogP contribution in [0.3, 0.4) is 0 Å². The largest absolute Gasteiger partial charge is 0.503 e. The number of halogens is 1. The fraction of sp³-hybridized carbons (Fsp3) is 0.481. The number of carbonyl (C=O) groups is 2. The molecule has 2 aromatic rings. The first-order chi connectivity index (χ1) is 16.4. The highest BCUT2D eigenvalue weighted by Gasteiger charge is 2.44. The molecule has 0 unspecified atom stereocenters. The highest BCUT2D eigenvalue weighted by Crippen LogP contribution is 2.39. The zero-order valence-corrected chi connectivity index (χ0v) is 20.3. The van der Waals surface area contributed by atoms with E-state index in [1.54, 1.807) is 25.1 Å². The Morgan fingerprint density at radius 3 is 2.21 bits per heavy atom. The van der Waals surface area contributed by atoms with Gasteiger partial charge < -0.3 is 19.3 Å². The zero-order valence-electron chi connectivity index (χ0n) is 20.3. The molecule has 0 spiro atoms. The van der Waals surface area contributed by atoms with Crippen LogP contribution in [0.2, 0.25) is 0 Å². The molecular formula is C27H35FN2O4. The maximum Gasteiger partial charge on any atom is 0.290 e. The molecule has 0 saturated heterocycles. The van der Waals surface area contributed by atoms with E-state index in [9.17, 15) is 19.1 Å². The first-order valence-electron chi connectivity index (χ1n) is 12.2. The Balaban J connectivity index is 1.83. The number of aliphatic hydroxyl groups excluding tert-OH is 1. The highest BCUT2D eigenvalue weighted by atomic mass is 19.1. The van der Waals surface area contributed by atoms with Gasteiger partial charge in [0.1, 0.15) is 11.6 Å². The minimum atomic E-state index is -0.800. The number of nitrogens with zero attached hydrogens (tertiary/aromatic N) is 2. The summed E-state index contributed by atoms with van der Waals surface area (Å²) < 4.78 is 19.1. The van der Waals surface area contributed by atoms with Gasteiger partial charge in [-0.1, -0.05) is 38.8 Å². The quantitative estimate of drug-likeness (QED) is 0.386. The molecule has 3 rings (SSSR count). The smallest absolute Gasteiger partial charge is 0.290 e. The van der Waals surface area contributed by atoms with Crippen molar-refractivity contribution >= 4 is 11.7 Å². The van der Waals surface area contributed by atoms with E-state index >= 15 is 0 Å². The van der Waals surface area contributed by atoms with Crippen LogP contribution in [0.4, 0.5) is 4.39 Å². The van der Waals surface area contributed by atoms with Crippen molar-refractivity contribution in [1.29, 1.82) is 0 Å². The summed E-state index contributed by atoms with van der Waals surface area (Å²) in [6.45, 7) is 9.27. The monoisotopic (exact) mass is 470 g/mol. The number of amides is 1. The molecule has 1 aliphatic rings. The molecule has 184 valence electrons. The van der Waals surface area contributed by atoms with E-state index in [4.69, 9.17) is 4.42 Å². The van der Waals surface area contributed by atoms with E-state index in [1.807, 2.05) is 0 Å². The predicted octanol–water partition coefficient (Wildman–Crippen LogP) is 5.60. The number of carbonyl (C=O) groups excluding carboxylic acids is 2. The second-order valence-corrected chi connectivity index (χ2v) is 8.86. The summed E-state index contributed by atoms with van der Waals surface area (Å²) in [6, 6.07) is 8.08. The van der Waals surface area contributed by atoms with Crippen LogP contribution in [-0.2, 0) is 4.79 Å². The van der Waals surface area contributed by atoms with Crippen molar-refractivity contribution in [3.8, 4) is 0 Å². The molecule has 0 saturated carbocycles. The van der Waals surface area contributed by atoms with Gasteiger partial charge in [-0.2, -0.15) is 0 Å². The van der Waals surface area contributed by atoms with Gasteiger partial charge in [0.25, 0.3) is 5.91 Å². The van der Waals surface area contributed by atoms with Gasteiger partial charge in [-0.15, -0.1) is 0 Å². The van der Waals surface area contributed by atoms with E-state index < -0.39 is 29.3 Å². The van der Waals surface area contributed by atoms with Crippen LogP contribution in [0.15, 0.2) is 52.1 Å². The number of rotatable bonds is 13. The Morgan fingerprint density at radius 2 is 1.65 bits per heavy atom. The normalized spacial score (nSPS) is 16.2. The fourth-order valence-electron chi connectivity index (χ4n) is 4.36. The summed E-state index contributed by atoms with van der Waals surface area (Å²) in [4.78, 5) is 30.3. The van der Waals surface area contributed by atoms with E-state index in [2.05, 4.69) is 18.7 Å². The summed E-state index contributed by atoms with van der Waals surface area (Å²) in [5.41, 5.74) is 0.541. The number of ketones is 1. The SMILES string of the molecule is CCCCN(CCCC)CCCN1C(=O)C(O)=C(C(=O)c2ccc(C)o2)[C@H]1c1ccc(F)cc1. The lowest BCUT2D eigenvalue weighted by atomic mass is 9.95. The molecule has 34 heavy (non-hydrogen) atoms. The van der Waals surface area contributed by atoms with Crippen LogP contribution >= 0.6 is 0 Å². The van der Waals surface area contributed by atoms with Crippen LogP contribution in [0.1, 0.15) is 73.9 Å². The molecule has 0 radical (unpaired) electrons.